The van der Waals surface area contributed by atoms with Gasteiger partial charge in [-0.05, 0) is 31.2 Å². The number of anilines is 1. The molecule has 0 aliphatic carbocycles. The van der Waals surface area contributed by atoms with Crippen molar-refractivity contribution in [1.82, 2.24) is 4.98 Å². The first-order valence-corrected chi connectivity index (χ1v) is 10.4. The Morgan fingerprint density at radius 2 is 1.96 bits per heavy atom. The van der Waals surface area contributed by atoms with E-state index >= 15 is 0 Å². The fraction of sp³-hybridized carbons (Fsp3) is 0.118. The second-order valence-corrected chi connectivity index (χ2v) is 8.83. The summed E-state index contributed by atoms with van der Waals surface area (Å²) in [6.45, 7) is 1.91. The highest BCUT2D eigenvalue weighted by atomic mass is 79.9. The number of ether oxygens (including phenoxy) is 1. The largest absolute Gasteiger partial charge is 0.495 e. The lowest BCUT2D eigenvalue weighted by Gasteiger charge is -2.14. The lowest BCUT2D eigenvalue weighted by molar-refractivity contribution is 0.403. The van der Waals surface area contributed by atoms with Crippen molar-refractivity contribution in [1.29, 1.82) is 0 Å². The van der Waals surface area contributed by atoms with Gasteiger partial charge in [-0.2, -0.15) is 0 Å². The van der Waals surface area contributed by atoms with Crippen molar-refractivity contribution in [3.8, 4) is 17.0 Å². The average molecular weight is 439 g/mol. The van der Waals surface area contributed by atoms with Crippen LogP contribution in [0.15, 0.2) is 57.2 Å². The molecule has 8 heteroatoms. The lowest BCUT2D eigenvalue weighted by Crippen LogP contribution is -2.14. The Morgan fingerprint density at radius 1 is 1.20 bits per heavy atom. The molecule has 0 aliphatic rings. The normalized spacial score (nSPS) is 11.3. The van der Waals surface area contributed by atoms with Crippen LogP contribution in [0, 0.1) is 6.92 Å². The van der Waals surface area contributed by atoms with Gasteiger partial charge in [0.1, 0.15) is 10.6 Å². The Labute approximate surface area is 158 Å². The Kier molecular flexibility index (Phi) is 5.12. The zero-order valence-electron chi connectivity index (χ0n) is 13.5. The van der Waals surface area contributed by atoms with Crippen molar-refractivity contribution in [2.45, 2.75) is 11.8 Å². The number of nitrogens with one attached hydrogen (secondary N) is 1. The van der Waals surface area contributed by atoms with Crippen molar-refractivity contribution in [3.05, 3.63) is 57.3 Å². The van der Waals surface area contributed by atoms with E-state index in [0.29, 0.717) is 10.2 Å². The maximum Gasteiger partial charge on any atom is 0.265 e. The summed E-state index contributed by atoms with van der Waals surface area (Å²) >= 11 is 4.82. The molecule has 0 saturated heterocycles. The zero-order valence-corrected chi connectivity index (χ0v) is 16.7. The molecule has 1 heterocycles. The van der Waals surface area contributed by atoms with Gasteiger partial charge in [0.2, 0.25) is 0 Å². The molecule has 1 aromatic heterocycles. The fourth-order valence-electron chi connectivity index (χ4n) is 2.34. The zero-order chi connectivity index (χ0) is 18.0. The van der Waals surface area contributed by atoms with Gasteiger partial charge in [-0.3, -0.25) is 4.72 Å². The van der Waals surface area contributed by atoms with Gasteiger partial charge in [0, 0.05) is 15.4 Å². The van der Waals surface area contributed by atoms with Crippen molar-refractivity contribution in [2.75, 3.05) is 11.8 Å². The van der Waals surface area contributed by atoms with Gasteiger partial charge in [-0.1, -0.05) is 34.1 Å². The van der Waals surface area contributed by atoms with Gasteiger partial charge in [0.15, 0.2) is 0 Å². The Morgan fingerprint density at radius 3 is 2.64 bits per heavy atom. The van der Waals surface area contributed by atoms with Gasteiger partial charge in [-0.25, -0.2) is 13.4 Å². The predicted octanol–water partition coefficient (Wildman–Crippen LogP) is 4.69. The molecule has 2 aromatic carbocycles. The SMILES string of the molecule is COc1ccc(Br)cc1S(=O)(=O)Nc1ccccc1-c1csc(C)n1. The van der Waals surface area contributed by atoms with E-state index in [1.807, 2.05) is 24.4 Å². The number of aromatic nitrogens is 1. The van der Waals surface area contributed by atoms with E-state index in [1.54, 1.807) is 24.3 Å². The number of sulfonamides is 1. The Balaban J connectivity index is 2.04. The minimum atomic E-state index is -3.83. The molecule has 0 amide bonds. The Hall–Kier alpha value is -1.90. The van der Waals surface area contributed by atoms with Gasteiger partial charge in [0.25, 0.3) is 10.0 Å². The number of nitrogens with zero attached hydrogens (tertiary/aromatic N) is 1. The smallest absolute Gasteiger partial charge is 0.265 e. The molecule has 0 spiro atoms. The molecule has 0 saturated carbocycles. The molecule has 25 heavy (non-hydrogen) atoms. The summed E-state index contributed by atoms with van der Waals surface area (Å²) in [5.74, 6) is 0.276. The summed E-state index contributed by atoms with van der Waals surface area (Å²) in [6.07, 6.45) is 0. The second kappa shape index (κ2) is 7.15. The third-order valence-corrected chi connectivity index (χ3v) is 6.14. The standard InChI is InChI=1S/C17H15BrN2O3S2/c1-11-19-15(10-24-11)13-5-3-4-6-14(13)20-25(21,22)17-9-12(18)7-8-16(17)23-2/h3-10,20H,1-2H3. The van der Waals surface area contributed by atoms with Crippen LogP contribution in [0.5, 0.6) is 5.75 Å². The molecule has 5 nitrogen and oxygen atoms in total. The van der Waals surface area contributed by atoms with Crippen LogP contribution in [0.3, 0.4) is 0 Å². The van der Waals surface area contributed by atoms with Crippen LogP contribution in [0.2, 0.25) is 0 Å². The number of methoxy groups -OCH3 is 1. The number of rotatable bonds is 5. The second-order valence-electron chi connectivity index (χ2n) is 5.20. The van der Waals surface area contributed by atoms with E-state index < -0.39 is 10.0 Å². The molecule has 1 N–H and O–H groups in total. The molecule has 3 rings (SSSR count). The van der Waals surface area contributed by atoms with Gasteiger partial charge < -0.3 is 4.74 Å². The summed E-state index contributed by atoms with van der Waals surface area (Å²) in [6, 6.07) is 12.0. The molecular formula is C17H15BrN2O3S2. The Bertz CT molecular complexity index is 1020. The summed E-state index contributed by atoms with van der Waals surface area (Å²) in [7, 11) is -2.39. The number of aryl methyl sites for hydroxylation is 1. The number of hydrogen-bond donors (Lipinski definition) is 1. The van der Waals surface area contributed by atoms with Crippen LogP contribution in [0.25, 0.3) is 11.3 Å². The lowest BCUT2D eigenvalue weighted by atomic mass is 10.1. The summed E-state index contributed by atoms with van der Waals surface area (Å²) in [5, 5.41) is 2.82. The number of para-hydroxylation sites is 1. The molecule has 0 radical (unpaired) electrons. The van der Waals surface area contributed by atoms with Crippen molar-refractivity contribution < 1.29 is 13.2 Å². The first-order valence-electron chi connectivity index (χ1n) is 7.28. The highest BCUT2D eigenvalue weighted by molar-refractivity contribution is 9.10. The average Bonchev–Trinajstić information content (AvgIpc) is 3.01. The number of thiazole rings is 1. The minimum absolute atomic E-state index is 0.0636. The van der Waals surface area contributed by atoms with Crippen molar-refractivity contribution >= 4 is 43.0 Å². The van der Waals surface area contributed by atoms with Crippen molar-refractivity contribution in [3.63, 3.8) is 0 Å². The van der Waals surface area contributed by atoms with E-state index in [1.165, 1.54) is 24.5 Å². The maximum absolute atomic E-state index is 12.9. The predicted molar refractivity (Wildman–Crippen MR) is 104 cm³/mol. The first-order chi connectivity index (χ1) is 11.9. The van der Waals surface area contributed by atoms with Gasteiger partial charge in [-0.15, -0.1) is 11.3 Å². The summed E-state index contributed by atoms with van der Waals surface area (Å²) in [4.78, 5) is 4.51. The summed E-state index contributed by atoms with van der Waals surface area (Å²) in [5.41, 5.74) is 1.93. The maximum atomic E-state index is 12.9. The molecule has 130 valence electrons. The van der Waals surface area contributed by atoms with Crippen molar-refractivity contribution in [2.24, 2.45) is 0 Å². The fourth-order valence-corrected chi connectivity index (χ4v) is 4.74. The third kappa shape index (κ3) is 3.86. The van der Waals surface area contributed by atoms with Crippen LogP contribution in [0.4, 0.5) is 5.69 Å². The van der Waals surface area contributed by atoms with Crippen LogP contribution >= 0.6 is 27.3 Å². The highest BCUT2D eigenvalue weighted by Gasteiger charge is 2.22. The molecule has 0 atom stereocenters. The first kappa shape index (κ1) is 17.9. The van der Waals surface area contributed by atoms with Crippen LogP contribution < -0.4 is 9.46 Å². The molecule has 0 bridgehead atoms. The van der Waals surface area contributed by atoms with Gasteiger partial charge >= 0.3 is 0 Å². The monoisotopic (exact) mass is 438 g/mol. The summed E-state index contributed by atoms with van der Waals surface area (Å²) < 4.78 is 34.3. The highest BCUT2D eigenvalue weighted by Crippen LogP contribution is 2.33. The number of halogens is 1. The van der Waals surface area contributed by atoms with E-state index in [4.69, 9.17) is 4.74 Å². The minimum Gasteiger partial charge on any atom is -0.495 e. The van der Waals surface area contributed by atoms with E-state index in [2.05, 4.69) is 25.6 Å². The molecule has 0 aliphatic heterocycles. The molecule has 0 unspecified atom stereocenters. The van der Waals surface area contributed by atoms with Crippen LogP contribution in [-0.4, -0.2) is 20.5 Å². The topological polar surface area (TPSA) is 68.3 Å². The quantitative estimate of drug-likeness (QED) is 0.626. The van der Waals surface area contributed by atoms with E-state index in [0.717, 1.165) is 16.3 Å². The van der Waals surface area contributed by atoms with Crippen LogP contribution in [0.1, 0.15) is 5.01 Å². The number of benzene rings is 2. The van der Waals surface area contributed by atoms with Crippen LogP contribution in [-0.2, 0) is 10.0 Å². The number of hydrogen-bond acceptors (Lipinski definition) is 5. The van der Waals surface area contributed by atoms with Gasteiger partial charge in [0.05, 0.1) is 23.5 Å². The molecule has 3 aromatic rings. The molecular weight excluding hydrogens is 424 g/mol. The van der Waals surface area contributed by atoms with E-state index in [-0.39, 0.29) is 10.6 Å². The molecule has 0 fully saturated rings. The third-order valence-electron chi connectivity index (χ3n) is 3.48. The van der Waals surface area contributed by atoms with E-state index in [9.17, 15) is 8.42 Å².